The highest BCUT2D eigenvalue weighted by Gasteiger charge is 2.34. The lowest BCUT2D eigenvalue weighted by atomic mass is 9.87. The Labute approximate surface area is 248 Å². The number of primary amides is 1. The van der Waals surface area contributed by atoms with E-state index in [2.05, 4.69) is 10.6 Å². The van der Waals surface area contributed by atoms with Gasteiger partial charge in [0.25, 0.3) is 0 Å². The van der Waals surface area contributed by atoms with Crippen LogP contribution in [0.3, 0.4) is 0 Å². The fraction of sp³-hybridized carbons (Fsp3) is 0.455. The fourth-order valence-corrected chi connectivity index (χ4v) is 4.48. The van der Waals surface area contributed by atoms with E-state index in [1.807, 2.05) is 50.2 Å². The van der Waals surface area contributed by atoms with Crippen molar-refractivity contribution >= 4 is 35.1 Å². The zero-order valence-electron chi connectivity index (χ0n) is 25.1. The summed E-state index contributed by atoms with van der Waals surface area (Å²) in [5.41, 5.74) is 5.67. The molecule has 3 unspecified atom stereocenters. The van der Waals surface area contributed by atoms with Gasteiger partial charge in [-0.05, 0) is 43.7 Å². The second-order valence-corrected chi connectivity index (χ2v) is 11.8. The molecule has 3 amide bonds. The van der Waals surface area contributed by atoms with Crippen molar-refractivity contribution in [3.63, 3.8) is 0 Å². The number of nitrogens with one attached hydrogen (secondary N) is 2. The summed E-state index contributed by atoms with van der Waals surface area (Å²) in [5, 5.41) is 5.38. The van der Waals surface area contributed by atoms with Gasteiger partial charge in [0.05, 0.1) is 6.04 Å². The number of Topliss-reactive ketones (excluding diaryl/α,β-unsaturated/α-hetero) is 3. The van der Waals surface area contributed by atoms with Crippen molar-refractivity contribution in [2.24, 2.45) is 23.5 Å². The first kappa shape index (κ1) is 34.1. The Kier molecular flexibility index (Phi) is 12.8. The van der Waals surface area contributed by atoms with Gasteiger partial charge in [-0.2, -0.15) is 0 Å². The molecule has 0 aliphatic heterocycles. The van der Waals surface area contributed by atoms with E-state index in [0.717, 1.165) is 11.1 Å². The smallest absolute Gasteiger partial charge is 0.242 e. The first-order valence-electron chi connectivity index (χ1n) is 14.3. The maximum absolute atomic E-state index is 13.3. The minimum atomic E-state index is -1.35. The molecule has 9 heteroatoms. The van der Waals surface area contributed by atoms with Gasteiger partial charge >= 0.3 is 0 Å². The summed E-state index contributed by atoms with van der Waals surface area (Å²) in [5.74, 6) is -5.28. The van der Waals surface area contributed by atoms with Gasteiger partial charge in [0.2, 0.25) is 23.5 Å². The molecule has 0 saturated heterocycles. The number of nitrogens with two attached hydrogens (primary N) is 1. The lowest BCUT2D eigenvalue weighted by Gasteiger charge is -2.26. The number of carbonyl (C=O) groups is 6. The third-order valence-corrected chi connectivity index (χ3v) is 7.01. The Morgan fingerprint density at radius 3 is 1.79 bits per heavy atom. The highest BCUT2D eigenvalue weighted by molar-refractivity contribution is 6.38. The third kappa shape index (κ3) is 11.0. The number of hydrogen-bond donors (Lipinski definition) is 3. The van der Waals surface area contributed by atoms with Crippen LogP contribution in [0.1, 0.15) is 65.0 Å². The third-order valence-electron chi connectivity index (χ3n) is 7.01. The second-order valence-electron chi connectivity index (χ2n) is 11.8. The van der Waals surface area contributed by atoms with Crippen LogP contribution in [-0.2, 0) is 41.6 Å². The van der Waals surface area contributed by atoms with Crippen LogP contribution in [0.25, 0.3) is 0 Å². The summed E-state index contributed by atoms with van der Waals surface area (Å²) in [7, 11) is 0. The number of benzene rings is 2. The minimum absolute atomic E-state index is 0.102. The molecule has 0 aromatic heterocycles. The molecule has 226 valence electrons. The molecule has 0 spiro atoms. The highest BCUT2D eigenvalue weighted by atomic mass is 16.2. The Morgan fingerprint density at radius 2 is 1.29 bits per heavy atom. The molecule has 0 radical (unpaired) electrons. The van der Waals surface area contributed by atoms with Crippen molar-refractivity contribution in [2.75, 3.05) is 0 Å². The fourth-order valence-electron chi connectivity index (χ4n) is 4.48. The standard InChI is InChI=1S/C33H43N3O6/c1-21(2)16-29(39)35-26(19-24-14-10-7-11-15-24)27(37)17-22(3)30(40)28(38)20-25(18-23-12-8-6-9-13-23)31(41)36-33(4,5)32(34)42/h6-15,21-22,25-26H,16-20H2,1-5H3,(H2,34,42)(H,35,39)(H,36,41). The quantitative estimate of drug-likeness (QED) is 0.246. The van der Waals surface area contributed by atoms with Gasteiger partial charge in [0.1, 0.15) is 5.54 Å². The summed E-state index contributed by atoms with van der Waals surface area (Å²) in [6.45, 7) is 8.22. The predicted octanol–water partition coefficient (Wildman–Crippen LogP) is 3.12. The summed E-state index contributed by atoms with van der Waals surface area (Å²) < 4.78 is 0. The minimum Gasteiger partial charge on any atom is -0.368 e. The lowest BCUT2D eigenvalue weighted by molar-refractivity contribution is -0.142. The average Bonchev–Trinajstić information content (AvgIpc) is 2.92. The zero-order chi connectivity index (χ0) is 31.4. The number of ketones is 3. The SMILES string of the molecule is CC(C)CC(=O)NC(Cc1ccccc1)C(=O)CC(C)C(=O)C(=O)CC(Cc1ccccc1)C(=O)NC(C)(C)C(N)=O. The van der Waals surface area contributed by atoms with Crippen molar-refractivity contribution in [3.05, 3.63) is 71.8 Å². The molecular weight excluding hydrogens is 534 g/mol. The Morgan fingerprint density at radius 1 is 0.762 bits per heavy atom. The molecule has 0 saturated carbocycles. The summed E-state index contributed by atoms with van der Waals surface area (Å²) in [6.07, 6.45) is 0.0327. The van der Waals surface area contributed by atoms with E-state index in [-0.39, 0.29) is 43.3 Å². The molecule has 0 fully saturated rings. The maximum atomic E-state index is 13.3. The summed E-state index contributed by atoms with van der Waals surface area (Å²) >= 11 is 0. The molecule has 2 aromatic carbocycles. The lowest BCUT2D eigenvalue weighted by Crippen LogP contribution is -2.55. The molecule has 2 rings (SSSR count). The van der Waals surface area contributed by atoms with Gasteiger partial charge in [-0.3, -0.25) is 28.8 Å². The molecule has 0 heterocycles. The number of hydrogen-bond acceptors (Lipinski definition) is 6. The van der Waals surface area contributed by atoms with Gasteiger partial charge in [-0.25, -0.2) is 0 Å². The first-order chi connectivity index (χ1) is 19.7. The molecule has 0 aliphatic carbocycles. The van der Waals surface area contributed by atoms with Crippen molar-refractivity contribution < 1.29 is 28.8 Å². The van der Waals surface area contributed by atoms with Crippen LogP contribution in [0.4, 0.5) is 0 Å². The van der Waals surface area contributed by atoms with E-state index >= 15 is 0 Å². The Bertz CT molecular complexity index is 1260. The Hall–Kier alpha value is -4.14. The number of amides is 3. The summed E-state index contributed by atoms with van der Waals surface area (Å²) in [6, 6.07) is 17.4. The van der Waals surface area contributed by atoms with Gasteiger partial charge in [-0.15, -0.1) is 0 Å². The monoisotopic (exact) mass is 577 g/mol. The molecule has 42 heavy (non-hydrogen) atoms. The number of carbonyl (C=O) groups excluding carboxylic acids is 6. The van der Waals surface area contributed by atoms with Gasteiger partial charge in [0, 0.05) is 31.1 Å². The zero-order valence-corrected chi connectivity index (χ0v) is 25.1. The van der Waals surface area contributed by atoms with Crippen molar-refractivity contribution in [1.82, 2.24) is 10.6 Å². The van der Waals surface area contributed by atoms with E-state index in [4.69, 9.17) is 5.73 Å². The molecule has 0 bridgehead atoms. The topological polar surface area (TPSA) is 152 Å². The van der Waals surface area contributed by atoms with E-state index in [1.165, 1.54) is 20.8 Å². The van der Waals surface area contributed by atoms with E-state index in [0.29, 0.717) is 0 Å². The first-order valence-corrected chi connectivity index (χ1v) is 14.3. The van der Waals surface area contributed by atoms with Gasteiger partial charge in [-0.1, -0.05) is 81.4 Å². The van der Waals surface area contributed by atoms with Crippen LogP contribution in [0.15, 0.2) is 60.7 Å². The molecular formula is C33H43N3O6. The maximum Gasteiger partial charge on any atom is 0.242 e. The second kappa shape index (κ2) is 15.7. The van der Waals surface area contributed by atoms with Crippen molar-refractivity contribution in [2.45, 2.75) is 78.3 Å². The predicted molar refractivity (Wildman–Crippen MR) is 160 cm³/mol. The van der Waals surface area contributed by atoms with Crippen LogP contribution >= 0.6 is 0 Å². The van der Waals surface area contributed by atoms with E-state index < -0.39 is 53.2 Å². The summed E-state index contributed by atoms with van der Waals surface area (Å²) in [4.78, 5) is 77.0. The van der Waals surface area contributed by atoms with Crippen LogP contribution in [0.5, 0.6) is 0 Å². The van der Waals surface area contributed by atoms with Gasteiger partial charge < -0.3 is 16.4 Å². The van der Waals surface area contributed by atoms with Crippen LogP contribution in [0, 0.1) is 17.8 Å². The molecule has 4 N–H and O–H groups in total. The van der Waals surface area contributed by atoms with Crippen molar-refractivity contribution in [1.29, 1.82) is 0 Å². The van der Waals surface area contributed by atoms with Crippen LogP contribution < -0.4 is 16.4 Å². The largest absolute Gasteiger partial charge is 0.368 e. The Balaban J connectivity index is 2.15. The molecule has 0 aliphatic rings. The van der Waals surface area contributed by atoms with E-state index in [9.17, 15) is 28.8 Å². The molecule has 3 atom stereocenters. The molecule has 9 nitrogen and oxygen atoms in total. The van der Waals surface area contributed by atoms with Crippen LogP contribution in [0.2, 0.25) is 0 Å². The number of rotatable bonds is 17. The normalized spacial score (nSPS) is 13.5. The van der Waals surface area contributed by atoms with Gasteiger partial charge in [0.15, 0.2) is 11.6 Å². The average molecular weight is 578 g/mol. The highest BCUT2D eigenvalue weighted by Crippen LogP contribution is 2.18. The van der Waals surface area contributed by atoms with E-state index in [1.54, 1.807) is 24.3 Å². The van der Waals surface area contributed by atoms with Crippen LogP contribution in [-0.4, -0.2) is 46.7 Å². The van der Waals surface area contributed by atoms with Crippen molar-refractivity contribution in [3.8, 4) is 0 Å². The molecule has 2 aromatic rings.